The van der Waals surface area contributed by atoms with Crippen molar-refractivity contribution < 1.29 is 23.8 Å². The smallest absolute Gasteiger partial charge is 0.410 e. The van der Waals surface area contributed by atoms with E-state index in [1.54, 1.807) is 26.8 Å². The van der Waals surface area contributed by atoms with E-state index in [2.05, 4.69) is 4.98 Å². The van der Waals surface area contributed by atoms with Gasteiger partial charge in [-0.3, -0.25) is 4.90 Å². The Bertz CT molecular complexity index is 539. The molecule has 122 valence electrons. The predicted molar refractivity (Wildman–Crippen MR) is 80.1 cm³/mol. The fourth-order valence-corrected chi connectivity index (χ4v) is 1.77. The minimum Gasteiger partial charge on any atom is -0.495 e. The Labute approximate surface area is 130 Å². The van der Waals surface area contributed by atoms with Gasteiger partial charge in [-0.15, -0.1) is 0 Å². The topological polar surface area (TPSA) is 78.0 Å². The first-order chi connectivity index (χ1) is 10.2. The van der Waals surface area contributed by atoms with Crippen molar-refractivity contribution in [3.05, 3.63) is 17.8 Å². The van der Waals surface area contributed by atoms with E-state index in [9.17, 15) is 9.59 Å². The molecule has 1 aromatic rings. The number of amides is 1. The highest BCUT2D eigenvalue weighted by atomic mass is 16.6. The van der Waals surface area contributed by atoms with Gasteiger partial charge in [0.05, 0.1) is 20.4 Å². The lowest BCUT2D eigenvalue weighted by atomic mass is 10.1. The standard InChI is InChI=1S/C15H22N2O5/c1-15(2,3)22-14(19)17(4)11(9-18)10-7-13(21-6)16-8-12(10)20-5/h7-9,11H,1-6H3. The van der Waals surface area contributed by atoms with Gasteiger partial charge < -0.3 is 19.0 Å². The third kappa shape index (κ3) is 4.34. The van der Waals surface area contributed by atoms with Gasteiger partial charge in [-0.2, -0.15) is 0 Å². The lowest BCUT2D eigenvalue weighted by Crippen LogP contribution is -2.37. The molecule has 1 heterocycles. The first kappa shape index (κ1) is 17.7. The summed E-state index contributed by atoms with van der Waals surface area (Å²) in [5, 5.41) is 0. The minimum atomic E-state index is -0.873. The maximum absolute atomic E-state index is 12.1. The molecule has 7 nitrogen and oxygen atoms in total. The molecule has 22 heavy (non-hydrogen) atoms. The molecule has 1 rings (SSSR count). The number of rotatable bonds is 5. The molecule has 0 spiro atoms. The van der Waals surface area contributed by atoms with Crippen LogP contribution >= 0.6 is 0 Å². The highest BCUT2D eigenvalue weighted by Gasteiger charge is 2.28. The van der Waals surface area contributed by atoms with Crippen LogP contribution in [0.3, 0.4) is 0 Å². The molecular weight excluding hydrogens is 288 g/mol. The summed E-state index contributed by atoms with van der Waals surface area (Å²) in [6, 6.07) is 0.681. The van der Waals surface area contributed by atoms with Crippen molar-refractivity contribution in [1.29, 1.82) is 0 Å². The Kier molecular flexibility index (Phi) is 5.73. The minimum absolute atomic E-state index is 0.320. The summed E-state index contributed by atoms with van der Waals surface area (Å²) in [7, 11) is 4.41. The van der Waals surface area contributed by atoms with Crippen LogP contribution in [0.2, 0.25) is 0 Å². The quantitative estimate of drug-likeness (QED) is 0.776. The normalized spacial score (nSPS) is 12.3. The van der Waals surface area contributed by atoms with Gasteiger partial charge in [-0.1, -0.05) is 0 Å². The van der Waals surface area contributed by atoms with E-state index in [-0.39, 0.29) is 0 Å². The van der Waals surface area contributed by atoms with E-state index in [0.717, 1.165) is 0 Å². The number of carbonyl (C=O) groups excluding carboxylic acids is 2. The SMILES string of the molecule is COc1cc(C(C=O)N(C)C(=O)OC(C)(C)C)c(OC)cn1. The highest BCUT2D eigenvalue weighted by molar-refractivity contribution is 5.75. The van der Waals surface area contributed by atoms with Gasteiger partial charge in [0.1, 0.15) is 23.7 Å². The van der Waals surface area contributed by atoms with E-state index in [0.29, 0.717) is 23.5 Å². The summed E-state index contributed by atoms with van der Waals surface area (Å²) in [4.78, 5) is 28.9. The van der Waals surface area contributed by atoms with Gasteiger partial charge in [0.25, 0.3) is 0 Å². The Hall–Kier alpha value is -2.31. The number of methoxy groups -OCH3 is 2. The molecule has 0 radical (unpaired) electrons. The monoisotopic (exact) mass is 310 g/mol. The number of nitrogens with zero attached hydrogens (tertiary/aromatic N) is 2. The van der Waals surface area contributed by atoms with Gasteiger partial charge >= 0.3 is 6.09 Å². The highest BCUT2D eigenvalue weighted by Crippen LogP contribution is 2.30. The number of hydrogen-bond acceptors (Lipinski definition) is 6. The molecule has 0 aliphatic heterocycles. The van der Waals surface area contributed by atoms with Crippen molar-refractivity contribution in [3.8, 4) is 11.6 Å². The van der Waals surface area contributed by atoms with E-state index < -0.39 is 17.7 Å². The number of ether oxygens (including phenoxy) is 3. The second-order valence-electron chi connectivity index (χ2n) is 5.64. The molecular formula is C15H22N2O5. The Morgan fingerprint density at radius 2 is 1.95 bits per heavy atom. The first-order valence-corrected chi connectivity index (χ1v) is 6.72. The zero-order valence-corrected chi connectivity index (χ0v) is 13.7. The molecule has 0 fully saturated rings. The van der Waals surface area contributed by atoms with Crippen LogP contribution in [-0.4, -0.2) is 49.1 Å². The molecule has 7 heteroatoms. The second kappa shape index (κ2) is 7.11. The van der Waals surface area contributed by atoms with Crippen molar-refractivity contribution in [2.75, 3.05) is 21.3 Å². The molecule has 0 aromatic carbocycles. The number of carbonyl (C=O) groups is 2. The van der Waals surface area contributed by atoms with Gasteiger partial charge in [0.15, 0.2) is 0 Å². The maximum atomic E-state index is 12.1. The zero-order valence-electron chi connectivity index (χ0n) is 13.7. The zero-order chi connectivity index (χ0) is 16.9. The van der Waals surface area contributed by atoms with Crippen LogP contribution in [0, 0.1) is 0 Å². The summed E-state index contributed by atoms with van der Waals surface area (Å²) >= 11 is 0. The summed E-state index contributed by atoms with van der Waals surface area (Å²) in [6.07, 6.45) is 1.47. The first-order valence-electron chi connectivity index (χ1n) is 6.72. The van der Waals surface area contributed by atoms with Crippen LogP contribution in [0.25, 0.3) is 0 Å². The van der Waals surface area contributed by atoms with Crippen LogP contribution in [0.4, 0.5) is 4.79 Å². The number of likely N-dealkylation sites (N-methyl/N-ethyl adjacent to an activating group) is 1. The molecule has 1 atom stereocenters. The Morgan fingerprint density at radius 1 is 1.32 bits per heavy atom. The van der Waals surface area contributed by atoms with Crippen molar-refractivity contribution in [1.82, 2.24) is 9.88 Å². The molecule has 0 bridgehead atoms. The third-order valence-electron chi connectivity index (χ3n) is 2.85. The van der Waals surface area contributed by atoms with Gasteiger partial charge in [-0.25, -0.2) is 9.78 Å². The largest absolute Gasteiger partial charge is 0.495 e. The van der Waals surface area contributed by atoms with Crippen molar-refractivity contribution >= 4 is 12.4 Å². The lowest BCUT2D eigenvalue weighted by Gasteiger charge is -2.28. The van der Waals surface area contributed by atoms with Gasteiger partial charge in [0, 0.05) is 18.7 Å². The van der Waals surface area contributed by atoms with Gasteiger partial charge in [0.2, 0.25) is 5.88 Å². The summed E-state index contributed by atoms with van der Waals surface area (Å²) in [5.74, 6) is 0.702. The molecule has 0 aliphatic rings. The molecule has 1 aromatic heterocycles. The predicted octanol–water partition coefficient (Wildman–Crippen LogP) is 2.21. The van der Waals surface area contributed by atoms with Crippen LogP contribution < -0.4 is 9.47 Å². The number of hydrogen-bond donors (Lipinski definition) is 0. The lowest BCUT2D eigenvalue weighted by molar-refractivity contribution is -0.112. The Balaban J connectivity index is 3.14. The second-order valence-corrected chi connectivity index (χ2v) is 5.64. The molecule has 1 unspecified atom stereocenters. The van der Waals surface area contributed by atoms with E-state index in [1.165, 1.54) is 32.4 Å². The van der Waals surface area contributed by atoms with Crippen LogP contribution in [0.5, 0.6) is 11.6 Å². The third-order valence-corrected chi connectivity index (χ3v) is 2.85. The van der Waals surface area contributed by atoms with Crippen LogP contribution in [-0.2, 0) is 9.53 Å². The summed E-state index contributed by atoms with van der Waals surface area (Å²) in [5.41, 5.74) is -0.184. The fourth-order valence-electron chi connectivity index (χ4n) is 1.77. The number of aldehydes is 1. The summed E-state index contributed by atoms with van der Waals surface area (Å²) in [6.45, 7) is 5.26. The van der Waals surface area contributed by atoms with Crippen LogP contribution in [0.15, 0.2) is 12.3 Å². The van der Waals surface area contributed by atoms with Crippen LogP contribution in [0.1, 0.15) is 32.4 Å². The van der Waals surface area contributed by atoms with Gasteiger partial charge in [-0.05, 0) is 20.8 Å². The number of pyridine rings is 1. The fraction of sp³-hybridized carbons (Fsp3) is 0.533. The maximum Gasteiger partial charge on any atom is 0.410 e. The molecule has 0 N–H and O–H groups in total. The van der Waals surface area contributed by atoms with E-state index in [1.807, 2.05) is 0 Å². The molecule has 0 saturated carbocycles. The number of aromatic nitrogens is 1. The summed E-state index contributed by atoms with van der Waals surface area (Å²) < 4.78 is 15.5. The van der Waals surface area contributed by atoms with Crippen molar-refractivity contribution in [2.24, 2.45) is 0 Å². The molecule has 0 aliphatic carbocycles. The molecule has 1 amide bonds. The van der Waals surface area contributed by atoms with Crippen molar-refractivity contribution in [2.45, 2.75) is 32.4 Å². The Morgan fingerprint density at radius 3 is 2.41 bits per heavy atom. The average Bonchev–Trinajstić information content (AvgIpc) is 2.45. The van der Waals surface area contributed by atoms with E-state index in [4.69, 9.17) is 14.2 Å². The molecule has 0 saturated heterocycles. The average molecular weight is 310 g/mol. The van der Waals surface area contributed by atoms with E-state index >= 15 is 0 Å². The van der Waals surface area contributed by atoms with Crippen molar-refractivity contribution in [3.63, 3.8) is 0 Å².